The summed E-state index contributed by atoms with van der Waals surface area (Å²) in [5.41, 5.74) is 1.67. The summed E-state index contributed by atoms with van der Waals surface area (Å²) in [5, 5.41) is 2.65. The van der Waals surface area contributed by atoms with E-state index in [9.17, 15) is 18.0 Å². The number of rotatable bonds is 4. The minimum atomic E-state index is -4.33. The van der Waals surface area contributed by atoms with E-state index in [1.807, 2.05) is 19.1 Å². The molecule has 122 valence electrons. The Morgan fingerprint density at radius 1 is 1.45 bits per heavy atom. The van der Waals surface area contributed by atoms with Crippen LogP contribution in [0, 0.1) is 6.92 Å². The molecule has 0 radical (unpaired) electrons. The second-order valence-corrected chi connectivity index (χ2v) is 5.26. The van der Waals surface area contributed by atoms with Crippen molar-refractivity contribution >= 4 is 5.91 Å². The monoisotopic (exact) mass is 317 g/mol. The maximum absolute atomic E-state index is 12.2. The van der Waals surface area contributed by atoms with E-state index in [1.54, 1.807) is 0 Å². The molecule has 4 nitrogen and oxygen atoms in total. The molecule has 0 aliphatic carbocycles. The van der Waals surface area contributed by atoms with Gasteiger partial charge in [-0.15, -0.1) is 0 Å². The first-order valence-corrected chi connectivity index (χ1v) is 6.97. The van der Waals surface area contributed by atoms with Crippen LogP contribution in [-0.4, -0.2) is 25.8 Å². The van der Waals surface area contributed by atoms with Crippen LogP contribution in [0.25, 0.3) is 0 Å². The summed E-state index contributed by atoms with van der Waals surface area (Å²) >= 11 is 0. The van der Waals surface area contributed by atoms with E-state index in [0.717, 1.165) is 11.1 Å². The van der Waals surface area contributed by atoms with Crippen molar-refractivity contribution in [2.75, 3.05) is 13.7 Å². The highest BCUT2D eigenvalue weighted by atomic mass is 19.4. The van der Waals surface area contributed by atoms with Crippen molar-refractivity contribution in [1.29, 1.82) is 0 Å². The lowest BCUT2D eigenvalue weighted by Crippen LogP contribution is -2.33. The molecule has 0 fully saturated rings. The number of alkyl halides is 3. The normalized spacial score (nSPS) is 17.4. The van der Waals surface area contributed by atoms with Crippen LogP contribution in [0.5, 0.6) is 11.5 Å². The fourth-order valence-corrected chi connectivity index (χ4v) is 2.44. The Kier molecular flexibility index (Phi) is 4.83. The summed E-state index contributed by atoms with van der Waals surface area (Å²) in [6.07, 6.45) is -5.51. The van der Waals surface area contributed by atoms with Gasteiger partial charge in [-0.2, -0.15) is 13.2 Å². The molecule has 1 aliphatic rings. The zero-order chi connectivity index (χ0) is 16.3. The fraction of sp³-hybridized carbons (Fsp3) is 0.533. The standard InChI is InChI=1S/C15H18F3NO3/c1-9-7-10-11(19-13(20)3-5-15(16,17)18)4-6-22-14(10)12(8-9)21-2/h7-8,11H,3-6H2,1-2H3,(H,19,20)/t11-/m0/s1. The molecule has 0 spiro atoms. The van der Waals surface area contributed by atoms with E-state index >= 15 is 0 Å². The van der Waals surface area contributed by atoms with Gasteiger partial charge >= 0.3 is 6.18 Å². The topological polar surface area (TPSA) is 47.6 Å². The summed E-state index contributed by atoms with van der Waals surface area (Å²) in [5.74, 6) is 0.486. The van der Waals surface area contributed by atoms with E-state index in [4.69, 9.17) is 9.47 Å². The van der Waals surface area contributed by atoms with Crippen LogP contribution in [0.3, 0.4) is 0 Å². The van der Waals surface area contributed by atoms with E-state index in [0.29, 0.717) is 24.5 Å². The third kappa shape index (κ3) is 4.05. The largest absolute Gasteiger partial charge is 0.493 e. The first kappa shape index (κ1) is 16.5. The molecule has 2 rings (SSSR count). The summed E-state index contributed by atoms with van der Waals surface area (Å²) in [4.78, 5) is 11.7. The van der Waals surface area contributed by atoms with Crippen molar-refractivity contribution in [3.63, 3.8) is 0 Å². The number of hydrogen-bond donors (Lipinski definition) is 1. The van der Waals surface area contributed by atoms with Gasteiger partial charge in [-0.25, -0.2) is 0 Å². The van der Waals surface area contributed by atoms with Gasteiger partial charge in [-0.05, 0) is 18.6 Å². The Labute approximate surface area is 126 Å². The minimum absolute atomic E-state index is 0.363. The number of benzene rings is 1. The molecule has 0 saturated carbocycles. The van der Waals surface area contributed by atoms with Gasteiger partial charge in [0.15, 0.2) is 11.5 Å². The molecule has 1 amide bonds. The molecule has 0 aromatic heterocycles. The Balaban J connectivity index is 2.12. The second kappa shape index (κ2) is 6.46. The molecule has 7 heteroatoms. The predicted octanol–water partition coefficient (Wildman–Crippen LogP) is 3.29. The van der Waals surface area contributed by atoms with E-state index < -0.39 is 24.9 Å². The number of halogens is 3. The van der Waals surface area contributed by atoms with Gasteiger partial charge in [0.2, 0.25) is 5.91 Å². The first-order valence-electron chi connectivity index (χ1n) is 6.97. The highest BCUT2D eigenvalue weighted by molar-refractivity contribution is 5.76. The van der Waals surface area contributed by atoms with E-state index in [2.05, 4.69) is 5.32 Å². The van der Waals surface area contributed by atoms with Gasteiger partial charge in [0.25, 0.3) is 0 Å². The molecule has 0 unspecified atom stereocenters. The second-order valence-electron chi connectivity index (χ2n) is 5.26. The average molecular weight is 317 g/mol. The Bertz CT molecular complexity index is 558. The summed E-state index contributed by atoms with van der Waals surface area (Å²) in [7, 11) is 1.52. The third-order valence-corrected chi connectivity index (χ3v) is 3.45. The van der Waals surface area contributed by atoms with Gasteiger partial charge in [0, 0.05) is 18.4 Å². The van der Waals surface area contributed by atoms with Crippen LogP contribution in [0.1, 0.15) is 36.4 Å². The van der Waals surface area contributed by atoms with Crippen molar-refractivity contribution in [1.82, 2.24) is 5.32 Å². The Morgan fingerprint density at radius 3 is 2.82 bits per heavy atom. The molecule has 1 aliphatic heterocycles. The van der Waals surface area contributed by atoms with Crippen LogP contribution < -0.4 is 14.8 Å². The lowest BCUT2D eigenvalue weighted by atomic mass is 9.97. The zero-order valence-corrected chi connectivity index (χ0v) is 12.4. The van der Waals surface area contributed by atoms with Crippen LogP contribution >= 0.6 is 0 Å². The number of hydrogen-bond acceptors (Lipinski definition) is 3. The van der Waals surface area contributed by atoms with Crippen LogP contribution in [-0.2, 0) is 4.79 Å². The lowest BCUT2D eigenvalue weighted by molar-refractivity contribution is -0.144. The molecule has 0 bridgehead atoms. The van der Waals surface area contributed by atoms with Crippen molar-refractivity contribution in [2.45, 2.75) is 38.4 Å². The molecule has 1 aromatic rings. The van der Waals surface area contributed by atoms with E-state index in [-0.39, 0.29) is 6.04 Å². The van der Waals surface area contributed by atoms with Gasteiger partial charge in [0.05, 0.1) is 26.2 Å². The van der Waals surface area contributed by atoms with Gasteiger partial charge in [0.1, 0.15) is 0 Å². The number of aryl methyl sites for hydroxylation is 1. The molecule has 1 atom stereocenters. The Morgan fingerprint density at radius 2 is 2.18 bits per heavy atom. The molecule has 1 aromatic carbocycles. The number of carbonyl (C=O) groups excluding carboxylic acids is 1. The molecular formula is C15H18F3NO3. The van der Waals surface area contributed by atoms with Crippen molar-refractivity contribution in [3.05, 3.63) is 23.3 Å². The maximum atomic E-state index is 12.2. The Hall–Kier alpha value is -1.92. The first-order chi connectivity index (χ1) is 10.3. The molecule has 22 heavy (non-hydrogen) atoms. The van der Waals surface area contributed by atoms with Gasteiger partial charge in [-0.3, -0.25) is 4.79 Å². The summed E-state index contributed by atoms with van der Waals surface area (Å²) in [6.45, 7) is 2.25. The number of nitrogens with one attached hydrogen (secondary N) is 1. The van der Waals surface area contributed by atoms with Crippen molar-refractivity contribution in [3.8, 4) is 11.5 Å². The molecule has 0 saturated heterocycles. The SMILES string of the molecule is COc1cc(C)cc2c1OCC[C@@H]2NC(=O)CCC(F)(F)F. The zero-order valence-electron chi connectivity index (χ0n) is 12.4. The van der Waals surface area contributed by atoms with Crippen molar-refractivity contribution < 1.29 is 27.4 Å². The minimum Gasteiger partial charge on any atom is -0.493 e. The van der Waals surface area contributed by atoms with E-state index in [1.165, 1.54) is 7.11 Å². The van der Waals surface area contributed by atoms with Gasteiger partial charge in [-0.1, -0.05) is 6.07 Å². The van der Waals surface area contributed by atoms with Crippen molar-refractivity contribution in [2.24, 2.45) is 0 Å². The van der Waals surface area contributed by atoms with Gasteiger partial charge < -0.3 is 14.8 Å². The smallest absolute Gasteiger partial charge is 0.389 e. The number of carbonyl (C=O) groups is 1. The molecular weight excluding hydrogens is 299 g/mol. The quantitative estimate of drug-likeness (QED) is 0.927. The molecule has 1 heterocycles. The van der Waals surface area contributed by atoms with Crippen LogP contribution in [0.4, 0.5) is 13.2 Å². The average Bonchev–Trinajstić information content (AvgIpc) is 2.44. The highest BCUT2D eigenvalue weighted by Crippen LogP contribution is 2.40. The number of amides is 1. The lowest BCUT2D eigenvalue weighted by Gasteiger charge is -2.28. The number of ether oxygens (including phenoxy) is 2. The number of methoxy groups -OCH3 is 1. The van der Waals surface area contributed by atoms with Crippen LogP contribution in [0.15, 0.2) is 12.1 Å². The fourth-order valence-electron chi connectivity index (χ4n) is 2.44. The summed E-state index contributed by atoms with van der Waals surface area (Å²) < 4.78 is 47.3. The highest BCUT2D eigenvalue weighted by Gasteiger charge is 2.30. The predicted molar refractivity (Wildman–Crippen MR) is 74.0 cm³/mol. The maximum Gasteiger partial charge on any atom is 0.389 e. The van der Waals surface area contributed by atoms with Crippen LogP contribution in [0.2, 0.25) is 0 Å². The number of fused-ring (bicyclic) bond motifs is 1. The molecule has 1 N–H and O–H groups in total. The summed E-state index contributed by atoms with van der Waals surface area (Å²) in [6, 6.07) is 3.30. The third-order valence-electron chi connectivity index (χ3n) is 3.45.